The summed E-state index contributed by atoms with van der Waals surface area (Å²) in [5.74, 6) is -1.33. The zero-order valence-corrected chi connectivity index (χ0v) is 10.3. The molecule has 0 aromatic heterocycles. The van der Waals surface area contributed by atoms with Crippen LogP contribution in [0, 0.1) is 5.82 Å². The lowest BCUT2D eigenvalue weighted by atomic mass is 9.96. The molecule has 4 heteroatoms. The van der Waals surface area contributed by atoms with Crippen LogP contribution in [0.2, 0.25) is 0 Å². The lowest BCUT2D eigenvalue weighted by Crippen LogP contribution is -2.16. The van der Waals surface area contributed by atoms with Crippen LogP contribution in [0.3, 0.4) is 0 Å². The zero-order chi connectivity index (χ0) is 12.8. The van der Waals surface area contributed by atoms with Crippen molar-refractivity contribution in [3.05, 3.63) is 29.6 Å². The number of hydrogen-bond acceptors (Lipinski definition) is 3. The van der Waals surface area contributed by atoms with E-state index in [0.717, 1.165) is 0 Å². The molecule has 0 amide bonds. The van der Waals surface area contributed by atoms with Crippen LogP contribution in [-0.2, 0) is 9.53 Å². The van der Waals surface area contributed by atoms with Crippen LogP contribution in [0.25, 0.3) is 0 Å². The van der Waals surface area contributed by atoms with Crippen LogP contribution in [0.15, 0.2) is 18.2 Å². The van der Waals surface area contributed by atoms with E-state index in [0.29, 0.717) is 18.6 Å². The summed E-state index contributed by atoms with van der Waals surface area (Å²) < 4.78 is 23.8. The summed E-state index contributed by atoms with van der Waals surface area (Å²) in [5, 5.41) is 0. The summed E-state index contributed by atoms with van der Waals surface area (Å²) in [6, 6.07) is 4.78. The molecule has 0 bridgehead atoms. The molecule has 0 radical (unpaired) electrons. The molecule has 0 aliphatic carbocycles. The van der Waals surface area contributed by atoms with E-state index in [1.54, 1.807) is 19.1 Å². The molecule has 0 aliphatic rings. The first-order valence-corrected chi connectivity index (χ1v) is 5.64. The van der Waals surface area contributed by atoms with Gasteiger partial charge in [0.2, 0.25) is 0 Å². The summed E-state index contributed by atoms with van der Waals surface area (Å²) in [5.41, 5.74) is 0.324. The Labute approximate surface area is 101 Å². The highest BCUT2D eigenvalue weighted by Crippen LogP contribution is 2.29. The molecular weight excluding hydrogens is 223 g/mol. The Kier molecular flexibility index (Phi) is 4.94. The Morgan fingerprint density at radius 2 is 2.12 bits per heavy atom. The summed E-state index contributed by atoms with van der Waals surface area (Å²) in [7, 11) is 1.40. The van der Waals surface area contributed by atoms with Gasteiger partial charge >= 0.3 is 5.97 Å². The molecule has 1 aromatic carbocycles. The first-order chi connectivity index (χ1) is 8.15. The average molecular weight is 240 g/mol. The molecular formula is C13H17FO3. The highest BCUT2D eigenvalue weighted by molar-refractivity contribution is 5.78. The lowest BCUT2D eigenvalue weighted by molar-refractivity contribution is -0.145. The van der Waals surface area contributed by atoms with Gasteiger partial charge in [-0.1, -0.05) is 19.1 Å². The maximum absolute atomic E-state index is 14.0. The highest BCUT2D eigenvalue weighted by Gasteiger charge is 2.24. The van der Waals surface area contributed by atoms with Gasteiger partial charge in [0.25, 0.3) is 0 Å². The van der Waals surface area contributed by atoms with Crippen molar-refractivity contribution in [2.45, 2.75) is 26.2 Å². The van der Waals surface area contributed by atoms with Gasteiger partial charge in [0.15, 0.2) is 11.6 Å². The third-order valence-electron chi connectivity index (χ3n) is 2.57. The maximum Gasteiger partial charge on any atom is 0.313 e. The third kappa shape index (κ3) is 2.96. The topological polar surface area (TPSA) is 35.5 Å². The van der Waals surface area contributed by atoms with Crippen molar-refractivity contribution in [1.82, 2.24) is 0 Å². The first kappa shape index (κ1) is 13.5. The lowest BCUT2D eigenvalue weighted by Gasteiger charge is -2.15. The fraction of sp³-hybridized carbons (Fsp3) is 0.462. The number of benzene rings is 1. The van der Waals surface area contributed by atoms with Crippen LogP contribution in [0.1, 0.15) is 31.7 Å². The number of rotatable bonds is 5. The normalized spacial score (nSPS) is 12.0. The fourth-order valence-corrected chi connectivity index (χ4v) is 1.71. The van der Waals surface area contributed by atoms with Crippen molar-refractivity contribution in [2.75, 3.05) is 13.7 Å². The monoisotopic (exact) mass is 240 g/mol. The van der Waals surface area contributed by atoms with Crippen molar-refractivity contribution >= 4 is 5.97 Å². The van der Waals surface area contributed by atoms with E-state index in [-0.39, 0.29) is 5.75 Å². The fourth-order valence-electron chi connectivity index (χ4n) is 1.71. The molecule has 94 valence electrons. The van der Waals surface area contributed by atoms with Crippen LogP contribution in [0.5, 0.6) is 5.75 Å². The predicted octanol–water partition coefficient (Wildman–Crippen LogP) is 2.89. The predicted molar refractivity (Wildman–Crippen MR) is 62.6 cm³/mol. The molecule has 17 heavy (non-hydrogen) atoms. The van der Waals surface area contributed by atoms with Crippen molar-refractivity contribution in [3.8, 4) is 5.75 Å². The number of ether oxygens (including phenoxy) is 2. The standard InChI is InChI=1S/C13H17FO3/c1-4-9(13(15)17-5-2)10-7-6-8-11(16-3)12(10)14/h6-9H,4-5H2,1-3H3. The number of carbonyl (C=O) groups excluding carboxylic acids is 1. The van der Waals surface area contributed by atoms with Crippen LogP contribution >= 0.6 is 0 Å². The van der Waals surface area contributed by atoms with Crippen LogP contribution < -0.4 is 4.74 Å². The van der Waals surface area contributed by atoms with Gasteiger partial charge in [-0.25, -0.2) is 4.39 Å². The zero-order valence-electron chi connectivity index (χ0n) is 10.3. The second-order valence-electron chi connectivity index (χ2n) is 3.58. The van der Waals surface area contributed by atoms with E-state index >= 15 is 0 Å². The van der Waals surface area contributed by atoms with Gasteiger partial charge in [-0.05, 0) is 19.4 Å². The van der Waals surface area contributed by atoms with Gasteiger partial charge in [-0.2, -0.15) is 0 Å². The summed E-state index contributed by atoms with van der Waals surface area (Å²) in [4.78, 5) is 11.7. The van der Waals surface area contributed by atoms with Crippen molar-refractivity contribution in [2.24, 2.45) is 0 Å². The second-order valence-corrected chi connectivity index (χ2v) is 3.58. The molecule has 0 fully saturated rings. The molecule has 0 heterocycles. The van der Waals surface area contributed by atoms with E-state index in [2.05, 4.69) is 0 Å². The Balaban J connectivity index is 3.07. The number of methoxy groups -OCH3 is 1. The van der Waals surface area contributed by atoms with E-state index in [4.69, 9.17) is 9.47 Å². The average Bonchev–Trinajstić information content (AvgIpc) is 2.32. The Morgan fingerprint density at radius 1 is 1.41 bits per heavy atom. The summed E-state index contributed by atoms with van der Waals surface area (Å²) in [6.45, 7) is 3.84. The molecule has 0 saturated carbocycles. The van der Waals surface area contributed by atoms with Crippen molar-refractivity contribution < 1.29 is 18.7 Å². The van der Waals surface area contributed by atoms with Gasteiger partial charge in [0, 0.05) is 5.56 Å². The molecule has 3 nitrogen and oxygen atoms in total. The largest absolute Gasteiger partial charge is 0.494 e. The summed E-state index contributed by atoms with van der Waals surface area (Å²) >= 11 is 0. The Morgan fingerprint density at radius 3 is 2.65 bits per heavy atom. The van der Waals surface area contributed by atoms with Crippen molar-refractivity contribution in [3.63, 3.8) is 0 Å². The van der Waals surface area contributed by atoms with E-state index in [1.165, 1.54) is 13.2 Å². The van der Waals surface area contributed by atoms with Crippen molar-refractivity contribution in [1.29, 1.82) is 0 Å². The molecule has 1 unspecified atom stereocenters. The number of esters is 1. The van der Waals surface area contributed by atoms with Gasteiger partial charge in [-0.15, -0.1) is 0 Å². The van der Waals surface area contributed by atoms with E-state index in [1.807, 2.05) is 6.92 Å². The number of hydrogen-bond donors (Lipinski definition) is 0. The highest BCUT2D eigenvalue weighted by atomic mass is 19.1. The molecule has 1 rings (SSSR count). The molecule has 0 N–H and O–H groups in total. The number of carbonyl (C=O) groups is 1. The van der Waals surface area contributed by atoms with Gasteiger partial charge in [0.1, 0.15) is 0 Å². The molecule has 0 spiro atoms. The minimum Gasteiger partial charge on any atom is -0.494 e. The second kappa shape index (κ2) is 6.23. The molecule has 1 aromatic rings. The molecule has 0 saturated heterocycles. The van der Waals surface area contributed by atoms with E-state index < -0.39 is 17.7 Å². The van der Waals surface area contributed by atoms with Crippen LogP contribution in [-0.4, -0.2) is 19.7 Å². The van der Waals surface area contributed by atoms with E-state index in [9.17, 15) is 9.18 Å². The minimum atomic E-state index is -0.579. The number of halogens is 1. The third-order valence-corrected chi connectivity index (χ3v) is 2.57. The van der Waals surface area contributed by atoms with Gasteiger partial charge in [0.05, 0.1) is 19.6 Å². The molecule has 0 aliphatic heterocycles. The first-order valence-electron chi connectivity index (χ1n) is 5.64. The Bertz CT molecular complexity index is 390. The Hall–Kier alpha value is -1.58. The summed E-state index contributed by atoms with van der Waals surface area (Å²) in [6.07, 6.45) is 0.489. The maximum atomic E-state index is 14.0. The van der Waals surface area contributed by atoms with Crippen LogP contribution in [0.4, 0.5) is 4.39 Å². The smallest absolute Gasteiger partial charge is 0.313 e. The SMILES string of the molecule is CCOC(=O)C(CC)c1cccc(OC)c1F. The van der Waals surface area contributed by atoms with Gasteiger partial charge < -0.3 is 9.47 Å². The minimum absolute atomic E-state index is 0.144. The quantitative estimate of drug-likeness (QED) is 0.742. The van der Waals surface area contributed by atoms with Gasteiger partial charge in [-0.3, -0.25) is 4.79 Å². The molecule has 1 atom stereocenters.